The molecule has 0 atom stereocenters. The Morgan fingerprint density at radius 1 is 1.21 bits per heavy atom. The van der Waals surface area contributed by atoms with Crippen LogP contribution in [-0.2, 0) is 6.54 Å². The first kappa shape index (κ1) is 13.6. The first-order chi connectivity index (χ1) is 9.15. The van der Waals surface area contributed by atoms with Crippen LogP contribution in [0.15, 0.2) is 58.0 Å². The second-order valence-corrected chi connectivity index (χ2v) is 5.19. The lowest BCUT2D eigenvalue weighted by molar-refractivity contribution is 1.06. The largest absolute Gasteiger partial charge is 0.370 e. The molecule has 2 aromatic rings. The molecular weight excluding hydrogens is 302 g/mol. The highest BCUT2D eigenvalue weighted by molar-refractivity contribution is 9.10. The van der Waals surface area contributed by atoms with E-state index in [1.807, 2.05) is 55.5 Å². The summed E-state index contributed by atoms with van der Waals surface area (Å²) in [4.78, 5) is 4.32. The molecule has 0 aromatic heterocycles. The lowest BCUT2D eigenvalue weighted by Crippen LogP contribution is -2.23. The molecule has 98 valence electrons. The zero-order valence-corrected chi connectivity index (χ0v) is 12.3. The number of benzene rings is 2. The van der Waals surface area contributed by atoms with Crippen molar-refractivity contribution < 1.29 is 0 Å². The molecule has 0 fully saturated rings. The van der Waals surface area contributed by atoms with Gasteiger partial charge in [0.1, 0.15) is 0 Å². The van der Waals surface area contributed by atoms with Gasteiger partial charge in [-0.15, -0.1) is 0 Å². The first-order valence-corrected chi connectivity index (χ1v) is 6.81. The molecule has 0 radical (unpaired) electrons. The molecule has 0 aliphatic rings. The summed E-state index contributed by atoms with van der Waals surface area (Å²) in [6.07, 6.45) is 0. The van der Waals surface area contributed by atoms with Crippen molar-refractivity contribution in [2.45, 2.75) is 13.5 Å². The third kappa shape index (κ3) is 4.10. The van der Waals surface area contributed by atoms with E-state index in [2.05, 4.69) is 26.2 Å². The van der Waals surface area contributed by atoms with Crippen LogP contribution in [0.1, 0.15) is 11.1 Å². The summed E-state index contributed by atoms with van der Waals surface area (Å²) in [6.45, 7) is 2.60. The zero-order valence-electron chi connectivity index (χ0n) is 10.7. The molecule has 0 saturated carbocycles. The lowest BCUT2D eigenvalue weighted by Gasteiger charge is -2.09. The Morgan fingerprint density at radius 3 is 2.63 bits per heavy atom. The molecule has 0 aliphatic carbocycles. The van der Waals surface area contributed by atoms with Crippen molar-refractivity contribution >= 4 is 27.6 Å². The van der Waals surface area contributed by atoms with Crippen LogP contribution in [0, 0.1) is 6.92 Å². The van der Waals surface area contributed by atoms with E-state index >= 15 is 0 Å². The van der Waals surface area contributed by atoms with E-state index in [0.29, 0.717) is 12.5 Å². The van der Waals surface area contributed by atoms with E-state index in [4.69, 9.17) is 5.73 Å². The molecule has 3 nitrogen and oxygen atoms in total. The van der Waals surface area contributed by atoms with E-state index in [-0.39, 0.29) is 0 Å². The van der Waals surface area contributed by atoms with Crippen LogP contribution in [0.3, 0.4) is 0 Å². The number of hydrogen-bond acceptors (Lipinski definition) is 1. The van der Waals surface area contributed by atoms with E-state index < -0.39 is 0 Å². The van der Waals surface area contributed by atoms with Crippen LogP contribution < -0.4 is 11.1 Å². The monoisotopic (exact) mass is 317 g/mol. The van der Waals surface area contributed by atoms with Gasteiger partial charge in [-0.25, -0.2) is 4.99 Å². The number of guanidine groups is 1. The minimum Gasteiger partial charge on any atom is -0.370 e. The second kappa shape index (κ2) is 6.38. The number of aliphatic imine (C=N–C) groups is 1. The second-order valence-electron chi connectivity index (χ2n) is 4.27. The highest BCUT2D eigenvalue weighted by Crippen LogP contribution is 2.19. The van der Waals surface area contributed by atoms with Gasteiger partial charge in [-0.3, -0.25) is 0 Å². The number of nitrogens with zero attached hydrogens (tertiary/aromatic N) is 1. The molecular formula is C15H16BrN3. The van der Waals surface area contributed by atoms with Gasteiger partial charge in [0.25, 0.3) is 0 Å². The number of nitrogens with two attached hydrogens (primary N) is 1. The number of anilines is 1. The molecule has 19 heavy (non-hydrogen) atoms. The van der Waals surface area contributed by atoms with Crippen molar-refractivity contribution in [1.82, 2.24) is 0 Å². The van der Waals surface area contributed by atoms with Crippen molar-refractivity contribution in [2.75, 3.05) is 5.32 Å². The standard InChI is InChI=1S/C15H16BrN3/c1-11-9-13(16)7-8-14(11)19-15(17)18-10-12-5-3-2-4-6-12/h2-9H,10H2,1H3,(H3,17,18,19). The predicted octanol–water partition coefficient (Wildman–Crippen LogP) is 3.68. The molecule has 0 heterocycles. The van der Waals surface area contributed by atoms with Gasteiger partial charge in [0.2, 0.25) is 0 Å². The van der Waals surface area contributed by atoms with Gasteiger partial charge in [-0.1, -0.05) is 46.3 Å². The van der Waals surface area contributed by atoms with Gasteiger partial charge in [-0.05, 0) is 36.2 Å². The summed E-state index contributed by atoms with van der Waals surface area (Å²) in [5.74, 6) is 0.425. The van der Waals surface area contributed by atoms with Crippen LogP contribution in [-0.4, -0.2) is 5.96 Å². The fourth-order valence-corrected chi connectivity index (χ4v) is 2.18. The summed E-state index contributed by atoms with van der Waals surface area (Å²) < 4.78 is 1.05. The molecule has 4 heteroatoms. The first-order valence-electron chi connectivity index (χ1n) is 6.02. The molecule has 0 bridgehead atoms. The Bertz CT molecular complexity index is 579. The van der Waals surface area contributed by atoms with Gasteiger partial charge in [0.05, 0.1) is 6.54 Å². The fraction of sp³-hybridized carbons (Fsp3) is 0.133. The summed E-state index contributed by atoms with van der Waals surface area (Å²) in [5.41, 5.74) is 9.11. The van der Waals surface area contributed by atoms with Crippen LogP contribution in [0.5, 0.6) is 0 Å². The summed E-state index contributed by atoms with van der Waals surface area (Å²) in [7, 11) is 0. The SMILES string of the molecule is Cc1cc(Br)ccc1NC(N)=NCc1ccccc1. The Balaban J connectivity index is 2.02. The minimum absolute atomic E-state index is 0.425. The highest BCUT2D eigenvalue weighted by Gasteiger charge is 2.00. The highest BCUT2D eigenvalue weighted by atomic mass is 79.9. The van der Waals surface area contributed by atoms with Crippen LogP contribution in [0.2, 0.25) is 0 Å². The van der Waals surface area contributed by atoms with Crippen molar-refractivity contribution in [3.63, 3.8) is 0 Å². The topological polar surface area (TPSA) is 50.4 Å². The summed E-state index contributed by atoms with van der Waals surface area (Å²) >= 11 is 3.43. The number of rotatable bonds is 3. The Kier molecular flexibility index (Phi) is 4.58. The molecule has 3 N–H and O–H groups in total. The van der Waals surface area contributed by atoms with E-state index in [9.17, 15) is 0 Å². The molecule has 0 saturated heterocycles. The smallest absolute Gasteiger partial charge is 0.193 e. The van der Waals surface area contributed by atoms with Crippen molar-refractivity contribution in [1.29, 1.82) is 0 Å². The molecule has 0 unspecified atom stereocenters. The molecule has 0 aliphatic heterocycles. The third-order valence-corrected chi connectivity index (χ3v) is 3.22. The maximum absolute atomic E-state index is 5.89. The number of halogens is 1. The van der Waals surface area contributed by atoms with E-state index in [1.54, 1.807) is 0 Å². The average Bonchev–Trinajstić information content (AvgIpc) is 2.41. The number of aryl methyl sites for hydroxylation is 1. The maximum Gasteiger partial charge on any atom is 0.193 e. The molecule has 2 aromatic carbocycles. The Labute approximate surface area is 121 Å². The van der Waals surface area contributed by atoms with Gasteiger partial charge in [-0.2, -0.15) is 0 Å². The van der Waals surface area contributed by atoms with Crippen LogP contribution in [0.25, 0.3) is 0 Å². The fourth-order valence-electron chi connectivity index (χ4n) is 1.70. The lowest BCUT2D eigenvalue weighted by atomic mass is 10.2. The summed E-state index contributed by atoms with van der Waals surface area (Å²) in [6, 6.07) is 16.0. The van der Waals surface area contributed by atoms with Crippen LogP contribution in [0.4, 0.5) is 5.69 Å². The zero-order chi connectivity index (χ0) is 13.7. The van der Waals surface area contributed by atoms with Crippen molar-refractivity contribution in [3.8, 4) is 0 Å². The number of nitrogens with one attached hydrogen (secondary N) is 1. The van der Waals surface area contributed by atoms with Gasteiger partial charge < -0.3 is 11.1 Å². The van der Waals surface area contributed by atoms with Crippen LogP contribution >= 0.6 is 15.9 Å². The molecule has 0 amide bonds. The van der Waals surface area contributed by atoms with Crippen molar-refractivity contribution in [3.05, 3.63) is 64.1 Å². The molecule has 2 rings (SSSR count). The van der Waals surface area contributed by atoms with E-state index in [1.165, 1.54) is 0 Å². The predicted molar refractivity (Wildman–Crippen MR) is 84.3 cm³/mol. The third-order valence-electron chi connectivity index (χ3n) is 2.73. The quantitative estimate of drug-likeness (QED) is 0.670. The van der Waals surface area contributed by atoms with Gasteiger partial charge in [0.15, 0.2) is 5.96 Å². The van der Waals surface area contributed by atoms with Gasteiger partial charge >= 0.3 is 0 Å². The van der Waals surface area contributed by atoms with E-state index in [0.717, 1.165) is 21.3 Å². The van der Waals surface area contributed by atoms with Crippen molar-refractivity contribution in [2.24, 2.45) is 10.7 Å². The minimum atomic E-state index is 0.425. The number of hydrogen-bond donors (Lipinski definition) is 2. The average molecular weight is 318 g/mol. The Hall–Kier alpha value is -1.81. The van der Waals surface area contributed by atoms with Gasteiger partial charge in [0, 0.05) is 10.2 Å². The maximum atomic E-state index is 5.89. The summed E-state index contributed by atoms with van der Waals surface area (Å²) in [5, 5.41) is 3.11. The molecule has 0 spiro atoms. The normalized spacial score (nSPS) is 11.4. The Morgan fingerprint density at radius 2 is 1.95 bits per heavy atom.